The van der Waals surface area contributed by atoms with Gasteiger partial charge in [0.15, 0.2) is 5.89 Å². The normalized spacial score (nSPS) is 16.3. The lowest BCUT2D eigenvalue weighted by Gasteiger charge is -2.35. The smallest absolute Gasteiger partial charge is 0.232 e. The van der Waals surface area contributed by atoms with Crippen LogP contribution in [0.5, 0.6) is 0 Å². The molecule has 1 aromatic heterocycles. The molecule has 1 N–H and O–H groups in total. The first kappa shape index (κ1) is 19.7. The Morgan fingerprint density at radius 2 is 2.04 bits per heavy atom. The zero-order valence-electron chi connectivity index (χ0n) is 15.7. The number of rotatable bonds is 7. The molecule has 1 aliphatic heterocycles. The number of hydrogen-bond acceptors (Lipinski definition) is 6. The van der Waals surface area contributed by atoms with Crippen LogP contribution < -0.4 is 5.32 Å². The third-order valence-corrected chi connectivity index (χ3v) is 4.91. The van der Waals surface area contributed by atoms with Crippen LogP contribution in [0.3, 0.4) is 0 Å². The van der Waals surface area contributed by atoms with Gasteiger partial charge in [-0.3, -0.25) is 4.90 Å². The summed E-state index contributed by atoms with van der Waals surface area (Å²) in [5.41, 5.74) is 1.35. The molecular formula is C20H25ClN4O2. The van der Waals surface area contributed by atoms with Crippen molar-refractivity contribution in [3.05, 3.63) is 46.4 Å². The number of oxazole rings is 1. The molecule has 3 rings (SSSR count). The Morgan fingerprint density at radius 3 is 2.70 bits per heavy atom. The molecule has 6 nitrogen and oxygen atoms in total. The fourth-order valence-corrected chi connectivity index (χ4v) is 3.52. The molecule has 1 fully saturated rings. The molecule has 1 aliphatic rings. The van der Waals surface area contributed by atoms with E-state index in [9.17, 15) is 5.26 Å². The van der Waals surface area contributed by atoms with Gasteiger partial charge in [-0.25, -0.2) is 4.98 Å². The van der Waals surface area contributed by atoms with Crippen molar-refractivity contribution in [2.45, 2.75) is 26.3 Å². The minimum Gasteiger partial charge on any atom is -0.424 e. The van der Waals surface area contributed by atoms with E-state index in [-0.39, 0.29) is 6.04 Å². The molecule has 0 aliphatic carbocycles. The van der Waals surface area contributed by atoms with Gasteiger partial charge in [0, 0.05) is 31.1 Å². The number of aromatic nitrogens is 1. The van der Waals surface area contributed by atoms with E-state index in [1.165, 1.54) is 0 Å². The van der Waals surface area contributed by atoms with E-state index >= 15 is 0 Å². The third kappa shape index (κ3) is 5.01. The lowest BCUT2D eigenvalue weighted by Crippen LogP contribution is -2.41. The highest BCUT2D eigenvalue weighted by atomic mass is 35.5. The summed E-state index contributed by atoms with van der Waals surface area (Å²) in [6, 6.07) is 10.0. The van der Waals surface area contributed by atoms with Crippen molar-refractivity contribution in [1.29, 1.82) is 5.26 Å². The summed E-state index contributed by atoms with van der Waals surface area (Å²) in [7, 11) is 0. The van der Waals surface area contributed by atoms with Gasteiger partial charge < -0.3 is 14.5 Å². The van der Waals surface area contributed by atoms with Crippen LogP contribution in [0.25, 0.3) is 0 Å². The summed E-state index contributed by atoms with van der Waals surface area (Å²) in [4.78, 5) is 6.64. The van der Waals surface area contributed by atoms with Gasteiger partial charge in [-0.1, -0.05) is 43.6 Å². The average molecular weight is 389 g/mol. The lowest BCUT2D eigenvalue weighted by molar-refractivity contribution is 0.0186. The number of anilines is 1. The van der Waals surface area contributed by atoms with Crippen molar-refractivity contribution in [2.75, 3.05) is 38.2 Å². The molecule has 27 heavy (non-hydrogen) atoms. The van der Waals surface area contributed by atoms with Gasteiger partial charge in [0.05, 0.1) is 19.3 Å². The van der Waals surface area contributed by atoms with Crippen LogP contribution in [-0.2, 0) is 11.2 Å². The molecule has 0 unspecified atom stereocenters. The van der Waals surface area contributed by atoms with E-state index in [2.05, 4.69) is 35.1 Å². The van der Waals surface area contributed by atoms with E-state index in [0.717, 1.165) is 23.7 Å². The zero-order valence-corrected chi connectivity index (χ0v) is 16.5. The predicted molar refractivity (Wildman–Crippen MR) is 105 cm³/mol. The maximum Gasteiger partial charge on any atom is 0.232 e. The Morgan fingerprint density at radius 1 is 1.30 bits per heavy atom. The fraction of sp³-hybridized carbons (Fsp3) is 0.500. The molecular weight excluding hydrogens is 364 g/mol. The standard InChI is InChI=1S/C20H25ClN4O2/c1-14(2)11-19-24-17(12-22)20(27-19)23-13-18(25-7-9-26-10-8-25)15-5-3-4-6-16(15)21/h3-6,14,18,23H,7-11,13H2,1-2H3/t18-/m1/s1. The molecule has 1 atom stereocenters. The quantitative estimate of drug-likeness (QED) is 0.775. The van der Waals surface area contributed by atoms with Gasteiger partial charge in [-0.2, -0.15) is 5.26 Å². The Labute approximate surface area is 165 Å². The number of morpholine rings is 1. The molecule has 0 saturated carbocycles. The highest BCUT2D eigenvalue weighted by Crippen LogP contribution is 2.29. The molecule has 1 saturated heterocycles. The Kier molecular flexibility index (Phi) is 6.73. The minimum atomic E-state index is 0.0489. The molecule has 144 valence electrons. The molecule has 7 heteroatoms. The van der Waals surface area contributed by atoms with Crippen LogP contribution in [0, 0.1) is 17.2 Å². The second kappa shape index (κ2) is 9.23. The van der Waals surface area contributed by atoms with Gasteiger partial charge in [-0.15, -0.1) is 0 Å². The SMILES string of the molecule is CC(C)Cc1nc(C#N)c(NC[C@H](c2ccccc2Cl)N2CCOCC2)o1. The van der Waals surface area contributed by atoms with Gasteiger partial charge in [0.1, 0.15) is 6.07 Å². The summed E-state index contributed by atoms with van der Waals surface area (Å²) in [6.45, 7) is 7.81. The van der Waals surface area contributed by atoms with Crippen molar-refractivity contribution in [3.63, 3.8) is 0 Å². The third-order valence-electron chi connectivity index (χ3n) is 4.57. The van der Waals surface area contributed by atoms with Crippen molar-refractivity contribution >= 4 is 17.5 Å². The molecule has 0 bridgehead atoms. The first-order valence-corrected chi connectivity index (χ1v) is 9.66. The fourth-order valence-electron chi connectivity index (χ4n) is 3.26. The second-order valence-electron chi connectivity index (χ2n) is 7.06. The first-order chi connectivity index (χ1) is 13.1. The summed E-state index contributed by atoms with van der Waals surface area (Å²) in [5.74, 6) is 1.43. The zero-order chi connectivity index (χ0) is 19.2. The predicted octanol–water partition coefficient (Wildman–Crippen LogP) is 3.88. The van der Waals surface area contributed by atoms with Crippen LogP contribution >= 0.6 is 11.6 Å². The van der Waals surface area contributed by atoms with Gasteiger partial charge in [0.25, 0.3) is 0 Å². The topological polar surface area (TPSA) is 74.3 Å². The van der Waals surface area contributed by atoms with Crippen molar-refractivity contribution in [1.82, 2.24) is 9.88 Å². The monoisotopic (exact) mass is 388 g/mol. The molecule has 2 aromatic rings. The number of halogens is 1. The summed E-state index contributed by atoms with van der Waals surface area (Å²) in [6.07, 6.45) is 0.702. The number of ether oxygens (including phenoxy) is 1. The van der Waals surface area contributed by atoms with Crippen molar-refractivity contribution < 1.29 is 9.15 Å². The molecule has 2 heterocycles. The maximum absolute atomic E-state index is 9.38. The van der Waals surface area contributed by atoms with Crippen LogP contribution in [0.2, 0.25) is 5.02 Å². The molecule has 0 amide bonds. The van der Waals surface area contributed by atoms with Gasteiger partial charge in [0.2, 0.25) is 11.6 Å². The van der Waals surface area contributed by atoms with Crippen LogP contribution in [0.1, 0.15) is 37.0 Å². The van der Waals surface area contributed by atoms with E-state index < -0.39 is 0 Å². The number of benzene rings is 1. The van der Waals surface area contributed by atoms with Crippen molar-refractivity contribution in [2.24, 2.45) is 5.92 Å². The molecule has 0 spiro atoms. The van der Waals surface area contributed by atoms with E-state index in [1.54, 1.807) is 0 Å². The Hall–Kier alpha value is -2.07. The average Bonchev–Trinajstić information content (AvgIpc) is 3.05. The Bertz CT molecular complexity index is 794. The van der Waals surface area contributed by atoms with E-state index in [1.807, 2.05) is 24.3 Å². The van der Waals surface area contributed by atoms with Gasteiger partial charge >= 0.3 is 0 Å². The van der Waals surface area contributed by atoms with E-state index in [4.69, 9.17) is 20.8 Å². The maximum atomic E-state index is 9.38. The molecule has 1 aromatic carbocycles. The summed E-state index contributed by atoms with van der Waals surface area (Å²) in [5, 5.41) is 13.4. The summed E-state index contributed by atoms with van der Waals surface area (Å²) >= 11 is 6.47. The van der Waals surface area contributed by atoms with Crippen LogP contribution in [-0.4, -0.2) is 42.7 Å². The first-order valence-electron chi connectivity index (χ1n) is 9.28. The lowest BCUT2D eigenvalue weighted by atomic mass is 10.0. The van der Waals surface area contributed by atoms with Gasteiger partial charge in [-0.05, 0) is 17.5 Å². The van der Waals surface area contributed by atoms with Crippen LogP contribution in [0.4, 0.5) is 5.88 Å². The Balaban J connectivity index is 1.80. The molecule has 0 radical (unpaired) electrons. The number of nitriles is 1. The van der Waals surface area contributed by atoms with Crippen LogP contribution in [0.15, 0.2) is 28.7 Å². The highest BCUT2D eigenvalue weighted by molar-refractivity contribution is 6.31. The van der Waals surface area contributed by atoms with Crippen molar-refractivity contribution in [3.8, 4) is 6.07 Å². The highest BCUT2D eigenvalue weighted by Gasteiger charge is 2.25. The minimum absolute atomic E-state index is 0.0489. The largest absolute Gasteiger partial charge is 0.424 e. The number of nitrogens with one attached hydrogen (secondary N) is 1. The number of nitrogens with zero attached hydrogens (tertiary/aromatic N) is 3. The number of hydrogen-bond donors (Lipinski definition) is 1. The summed E-state index contributed by atoms with van der Waals surface area (Å²) < 4.78 is 11.3. The second-order valence-corrected chi connectivity index (χ2v) is 7.47. The van der Waals surface area contributed by atoms with E-state index in [0.29, 0.717) is 49.6 Å².